The summed E-state index contributed by atoms with van der Waals surface area (Å²) in [7, 11) is 0. The van der Waals surface area contributed by atoms with E-state index in [1.165, 1.54) is 11.1 Å². The molecule has 0 fully saturated rings. The second-order valence-corrected chi connectivity index (χ2v) is 5.92. The van der Waals surface area contributed by atoms with E-state index in [9.17, 15) is 0 Å². The topological polar surface area (TPSA) is 68.5 Å². The van der Waals surface area contributed by atoms with Crippen LogP contribution in [0.4, 0.5) is 5.82 Å². The van der Waals surface area contributed by atoms with Crippen LogP contribution in [0.3, 0.4) is 0 Å². The Morgan fingerprint density at radius 2 is 1.88 bits per heavy atom. The van der Waals surface area contributed by atoms with Crippen LogP contribution in [-0.4, -0.2) is 24.7 Å². The van der Waals surface area contributed by atoms with Gasteiger partial charge in [-0.05, 0) is 24.6 Å². The Labute approximate surface area is 145 Å². The normalized spacial score (nSPS) is 10.9. The first-order valence-corrected chi connectivity index (χ1v) is 8.15. The molecule has 0 radical (unpaired) electrons. The van der Waals surface area contributed by atoms with Crippen molar-refractivity contribution in [3.63, 3.8) is 0 Å². The van der Waals surface area contributed by atoms with E-state index in [1.54, 1.807) is 12.5 Å². The Hall–Kier alpha value is -3.28. The minimum Gasteiger partial charge on any atom is -0.364 e. The van der Waals surface area contributed by atoms with Gasteiger partial charge in [0.25, 0.3) is 0 Å². The molecule has 3 aromatic heterocycles. The van der Waals surface area contributed by atoms with E-state index >= 15 is 0 Å². The molecule has 0 aliphatic heterocycles. The van der Waals surface area contributed by atoms with Crippen LogP contribution in [0.1, 0.15) is 16.8 Å². The Morgan fingerprint density at radius 1 is 1.00 bits per heavy atom. The highest BCUT2D eigenvalue weighted by Gasteiger charge is 2.10. The van der Waals surface area contributed by atoms with Crippen molar-refractivity contribution < 1.29 is 0 Å². The van der Waals surface area contributed by atoms with Crippen LogP contribution < -0.4 is 5.32 Å². The molecule has 4 rings (SSSR count). The molecule has 0 atom stereocenters. The lowest BCUT2D eigenvalue weighted by Crippen LogP contribution is -2.05. The molecule has 1 aromatic carbocycles. The average molecular weight is 330 g/mol. The summed E-state index contributed by atoms with van der Waals surface area (Å²) >= 11 is 0. The first kappa shape index (κ1) is 15.3. The number of fused-ring (bicyclic) bond motifs is 1. The fourth-order valence-electron chi connectivity index (χ4n) is 2.69. The molecule has 0 saturated carbocycles. The molecule has 1 N–H and O–H groups in total. The van der Waals surface area contributed by atoms with Crippen LogP contribution >= 0.6 is 0 Å². The number of rotatable bonds is 5. The Morgan fingerprint density at radius 3 is 2.68 bits per heavy atom. The van der Waals surface area contributed by atoms with Crippen molar-refractivity contribution >= 4 is 16.9 Å². The number of pyridine rings is 1. The number of aromatic nitrogens is 5. The van der Waals surface area contributed by atoms with Crippen molar-refractivity contribution in [3.8, 4) is 0 Å². The van der Waals surface area contributed by atoms with Gasteiger partial charge in [-0.1, -0.05) is 35.9 Å². The molecular formula is C19H18N6. The summed E-state index contributed by atoms with van der Waals surface area (Å²) in [5.74, 6) is 0.769. The van der Waals surface area contributed by atoms with Crippen LogP contribution in [0.2, 0.25) is 0 Å². The Kier molecular flexibility index (Phi) is 4.08. The summed E-state index contributed by atoms with van der Waals surface area (Å²) in [4.78, 5) is 13.1. The van der Waals surface area contributed by atoms with E-state index < -0.39 is 0 Å². The summed E-state index contributed by atoms with van der Waals surface area (Å²) in [6.45, 7) is 3.37. The number of nitrogens with one attached hydrogen (secondary N) is 1. The molecule has 0 aliphatic rings. The maximum Gasteiger partial charge on any atom is 0.163 e. The number of hydrogen-bond acceptors (Lipinski definition) is 5. The van der Waals surface area contributed by atoms with Crippen molar-refractivity contribution in [2.75, 3.05) is 5.32 Å². The van der Waals surface area contributed by atoms with Gasteiger partial charge in [0, 0.05) is 6.20 Å². The monoisotopic (exact) mass is 330 g/mol. The van der Waals surface area contributed by atoms with Gasteiger partial charge in [0.1, 0.15) is 12.1 Å². The maximum absolute atomic E-state index is 4.49. The number of benzene rings is 1. The van der Waals surface area contributed by atoms with Gasteiger partial charge in [-0.15, -0.1) is 0 Å². The van der Waals surface area contributed by atoms with Crippen molar-refractivity contribution in [1.82, 2.24) is 24.7 Å². The third kappa shape index (κ3) is 3.33. The molecule has 0 saturated heterocycles. The summed E-state index contributed by atoms with van der Waals surface area (Å²) in [6, 6.07) is 14.3. The lowest BCUT2D eigenvalue weighted by Gasteiger charge is -2.07. The highest BCUT2D eigenvalue weighted by molar-refractivity contribution is 5.86. The number of nitrogens with zero attached hydrogens (tertiary/aromatic N) is 5. The highest BCUT2D eigenvalue weighted by Crippen LogP contribution is 2.20. The maximum atomic E-state index is 4.49. The minimum absolute atomic E-state index is 0.607. The van der Waals surface area contributed by atoms with Gasteiger partial charge in [0.2, 0.25) is 0 Å². The fourth-order valence-corrected chi connectivity index (χ4v) is 2.69. The lowest BCUT2D eigenvalue weighted by molar-refractivity contribution is 0.703. The van der Waals surface area contributed by atoms with Crippen molar-refractivity contribution in [1.29, 1.82) is 0 Å². The molecule has 0 amide bonds. The van der Waals surface area contributed by atoms with E-state index in [2.05, 4.69) is 56.6 Å². The second-order valence-electron chi connectivity index (χ2n) is 5.92. The molecular weight excluding hydrogens is 312 g/mol. The van der Waals surface area contributed by atoms with Crippen LogP contribution in [-0.2, 0) is 13.1 Å². The average Bonchev–Trinajstić information content (AvgIpc) is 3.06. The standard InChI is InChI=1S/C19H18N6/c1-14-5-7-15(8-6-14)12-25-19-17(11-24-25)18(22-13-23-19)21-10-16-4-2-3-9-20-16/h2-9,11,13H,10,12H2,1H3,(H,21,22,23). The Balaban J connectivity index is 1.58. The molecule has 0 bridgehead atoms. The van der Waals surface area contributed by atoms with Gasteiger partial charge >= 0.3 is 0 Å². The second kappa shape index (κ2) is 6.68. The SMILES string of the molecule is Cc1ccc(Cn2ncc3c(NCc4ccccn4)ncnc32)cc1. The zero-order valence-electron chi connectivity index (χ0n) is 13.9. The molecule has 0 spiro atoms. The van der Waals surface area contributed by atoms with Crippen molar-refractivity contribution in [2.24, 2.45) is 0 Å². The number of aryl methyl sites for hydroxylation is 1. The smallest absolute Gasteiger partial charge is 0.163 e. The molecule has 6 heteroatoms. The lowest BCUT2D eigenvalue weighted by atomic mass is 10.1. The van der Waals surface area contributed by atoms with Gasteiger partial charge in [0.15, 0.2) is 5.65 Å². The number of anilines is 1. The quantitative estimate of drug-likeness (QED) is 0.608. The molecule has 6 nitrogen and oxygen atoms in total. The van der Waals surface area contributed by atoms with Crippen LogP contribution in [0.15, 0.2) is 61.2 Å². The molecule has 3 heterocycles. The van der Waals surface area contributed by atoms with Crippen LogP contribution in [0.5, 0.6) is 0 Å². The predicted molar refractivity (Wildman–Crippen MR) is 97.2 cm³/mol. The van der Waals surface area contributed by atoms with E-state index in [4.69, 9.17) is 0 Å². The molecule has 0 unspecified atom stereocenters. The van der Waals surface area contributed by atoms with Crippen molar-refractivity contribution in [3.05, 3.63) is 78.0 Å². The first-order chi connectivity index (χ1) is 12.3. The summed E-state index contributed by atoms with van der Waals surface area (Å²) in [5, 5.41) is 8.72. The van der Waals surface area contributed by atoms with E-state index in [1.807, 2.05) is 29.1 Å². The highest BCUT2D eigenvalue weighted by atomic mass is 15.3. The zero-order valence-corrected chi connectivity index (χ0v) is 13.9. The molecule has 25 heavy (non-hydrogen) atoms. The molecule has 0 aliphatic carbocycles. The van der Waals surface area contributed by atoms with Gasteiger partial charge in [-0.3, -0.25) is 4.98 Å². The summed E-state index contributed by atoms with van der Waals surface area (Å²) < 4.78 is 1.90. The minimum atomic E-state index is 0.607. The van der Waals surface area contributed by atoms with Crippen molar-refractivity contribution in [2.45, 2.75) is 20.0 Å². The molecule has 4 aromatic rings. The summed E-state index contributed by atoms with van der Waals surface area (Å²) in [6.07, 6.45) is 5.16. The van der Waals surface area contributed by atoms with Crippen LogP contribution in [0, 0.1) is 6.92 Å². The van der Waals surface area contributed by atoms with Gasteiger partial charge in [0.05, 0.1) is 30.4 Å². The van der Waals surface area contributed by atoms with Gasteiger partial charge < -0.3 is 5.32 Å². The largest absolute Gasteiger partial charge is 0.364 e. The fraction of sp³-hybridized carbons (Fsp3) is 0.158. The van der Waals surface area contributed by atoms with Gasteiger partial charge in [-0.25, -0.2) is 14.6 Å². The van der Waals surface area contributed by atoms with Gasteiger partial charge in [-0.2, -0.15) is 5.10 Å². The van der Waals surface area contributed by atoms with E-state index in [-0.39, 0.29) is 0 Å². The Bertz CT molecular complexity index is 976. The third-order valence-electron chi connectivity index (χ3n) is 4.05. The van der Waals surface area contributed by atoms with E-state index in [0.29, 0.717) is 13.1 Å². The van der Waals surface area contributed by atoms with E-state index in [0.717, 1.165) is 22.5 Å². The zero-order chi connectivity index (χ0) is 17.1. The summed E-state index contributed by atoms with van der Waals surface area (Å²) in [5.41, 5.74) is 4.22. The predicted octanol–water partition coefficient (Wildman–Crippen LogP) is 3.19. The van der Waals surface area contributed by atoms with Crippen LogP contribution in [0.25, 0.3) is 11.0 Å². The number of hydrogen-bond donors (Lipinski definition) is 1. The first-order valence-electron chi connectivity index (χ1n) is 8.15. The molecule has 124 valence electrons. The third-order valence-corrected chi connectivity index (χ3v) is 4.05.